The molecule has 2 heterocycles. The van der Waals surface area contributed by atoms with E-state index in [0.717, 1.165) is 24.4 Å². The van der Waals surface area contributed by atoms with E-state index in [0.29, 0.717) is 12.4 Å². The van der Waals surface area contributed by atoms with Gasteiger partial charge in [-0.25, -0.2) is 9.78 Å². The summed E-state index contributed by atoms with van der Waals surface area (Å²) in [7, 11) is 1.58. The first-order valence-corrected chi connectivity index (χ1v) is 7.65. The smallest absolute Gasteiger partial charge is 0.317 e. The maximum atomic E-state index is 12.2. The lowest BCUT2D eigenvalue weighted by atomic mass is 10.2. The van der Waals surface area contributed by atoms with Crippen LogP contribution in [-0.4, -0.2) is 46.6 Å². The first-order valence-electron chi connectivity index (χ1n) is 6.66. The van der Waals surface area contributed by atoms with Gasteiger partial charge >= 0.3 is 6.03 Å². The van der Waals surface area contributed by atoms with Crippen molar-refractivity contribution < 1.29 is 9.53 Å². The maximum absolute atomic E-state index is 12.2. The number of pyridine rings is 1. The van der Waals surface area contributed by atoms with E-state index in [1.54, 1.807) is 13.3 Å². The summed E-state index contributed by atoms with van der Waals surface area (Å²) >= 11 is 1.91. The summed E-state index contributed by atoms with van der Waals surface area (Å²) in [6, 6.07) is 3.72. The summed E-state index contributed by atoms with van der Waals surface area (Å²) in [6.45, 7) is 6.33. The molecule has 1 N–H and O–H groups in total. The number of nitrogens with zero attached hydrogens (tertiary/aromatic N) is 2. The molecule has 2 rings (SSSR count). The molecule has 0 atom stereocenters. The zero-order valence-electron chi connectivity index (χ0n) is 12.2. The summed E-state index contributed by atoms with van der Waals surface area (Å²) in [5.41, 5.74) is 0.883. The minimum Gasteiger partial charge on any atom is -0.481 e. The molecule has 1 aliphatic heterocycles. The highest BCUT2D eigenvalue weighted by molar-refractivity contribution is 8.00. The van der Waals surface area contributed by atoms with Crippen molar-refractivity contribution in [3.8, 4) is 5.88 Å². The van der Waals surface area contributed by atoms with Gasteiger partial charge in [0.2, 0.25) is 5.88 Å². The Labute approximate surface area is 124 Å². The lowest BCUT2D eigenvalue weighted by molar-refractivity contribution is 0.194. The van der Waals surface area contributed by atoms with Gasteiger partial charge in [0.25, 0.3) is 0 Å². The van der Waals surface area contributed by atoms with E-state index in [1.165, 1.54) is 0 Å². The van der Waals surface area contributed by atoms with Gasteiger partial charge in [-0.1, -0.05) is 6.07 Å². The number of rotatable bonds is 3. The molecule has 1 aromatic heterocycles. The van der Waals surface area contributed by atoms with Gasteiger partial charge in [-0.2, -0.15) is 11.8 Å². The Morgan fingerprint density at radius 1 is 1.60 bits per heavy atom. The zero-order chi connectivity index (χ0) is 14.6. The third kappa shape index (κ3) is 3.79. The highest BCUT2D eigenvalue weighted by atomic mass is 32.2. The van der Waals surface area contributed by atoms with Gasteiger partial charge in [-0.15, -0.1) is 0 Å². The molecule has 1 aromatic rings. The van der Waals surface area contributed by atoms with E-state index >= 15 is 0 Å². The third-order valence-electron chi connectivity index (χ3n) is 3.19. The normalized spacial score (nSPS) is 17.6. The van der Waals surface area contributed by atoms with Crippen molar-refractivity contribution in [2.24, 2.45) is 0 Å². The Kier molecular flexibility index (Phi) is 4.75. The topological polar surface area (TPSA) is 54.5 Å². The second-order valence-electron chi connectivity index (χ2n) is 5.36. The number of aromatic nitrogens is 1. The number of ether oxygens (including phenoxy) is 1. The van der Waals surface area contributed by atoms with Crippen molar-refractivity contribution in [2.75, 3.05) is 26.0 Å². The van der Waals surface area contributed by atoms with E-state index in [-0.39, 0.29) is 10.8 Å². The number of hydrogen-bond acceptors (Lipinski definition) is 4. The lowest BCUT2D eigenvalue weighted by Gasteiger charge is -2.37. The maximum Gasteiger partial charge on any atom is 0.317 e. The van der Waals surface area contributed by atoms with Crippen LogP contribution in [0.15, 0.2) is 18.3 Å². The largest absolute Gasteiger partial charge is 0.481 e. The second kappa shape index (κ2) is 6.35. The van der Waals surface area contributed by atoms with Crippen LogP contribution >= 0.6 is 11.8 Å². The Morgan fingerprint density at radius 2 is 2.40 bits per heavy atom. The standard InChI is InChI=1S/C14H21N3O2S/c1-14(2)10-17(7-8-20-14)13(18)16-9-11-5-4-6-15-12(11)19-3/h4-6H,7-10H2,1-3H3,(H,16,18). The van der Waals surface area contributed by atoms with Gasteiger partial charge in [0, 0.05) is 41.9 Å². The van der Waals surface area contributed by atoms with Crippen LogP contribution in [0.25, 0.3) is 0 Å². The molecule has 1 saturated heterocycles. The highest BCUT2D eigenvalue weighted by Gasteiger charge is 2.29. The van der Waals surface area contributed by atoms with E-state index in [9.17, 15) is 4.79 Å². The molecule has 5 nitrogen and oxygen atoms in total. The summed E-state index contributed by atoms with van der Waals surface area (Å²) in [6.07, 6.45) is 1.68. The Balaban J connectivity index is 1.92. The number of nitrogens with one attached hydrogen (secondary N) is 1. The van der Waals surface area contributed by atoms with Crippen LogP contribution in [0, 0.1) is 0 Å². The van der Waals surface area contributed by atoms with Crippen molar-refractivity contribution in [1.82, 2.24) is 15.2 Å². The van der Waals surface area contributed by atoms with Crippen LogP contribution in [0.2, 0.25) is 0 Å². The number of carbonyl (C=O) groups excluding carboxylic acids is 1. The van der Waals surface area contributed by atoms with E-state index in [2.05, 4.69) is 24.1 Å². The predicted molar refractivity (Wildman–Crippen MR) is 81.1 cm³/mol. The summed E-state index contributed by atoms with van der Waals surface area (Å²) in [5.74, 6) is 1.54. The van der Waals surface area contributed by atoms with Gasteiger partial charge < -0.3 is 15.0 Å². The fourth-order valence-electron chi connectivity index (χ4n) is 2.21. The van der Waals surface area contributed by atoms with Crippen LogP contribution in [-0.2, 0) is 6.54 Å². The van der Waals surface area contributed by atoms with Crippen molar-refractivity contribution in [3.05, 3.63) is 23.9 Å². The molecule has 1 fully saturated rings. The predicted octanol–water partition coefficient (Wildman–Crippen LogP) is 2.13. The summed E-state index contributed by atoms with van der Waals surface area (Å²) in [4.78, 5) is 18.2. The average molecular weight is 295 g/mol. The van der Waals surface area contributed by atoms with Crippen molar-refractivity contribution >= 4 is 17.8 Å². The SMILES string of the molecule is COc1ncccc1CNC(=O)N1CCSC(C)(C)C1. The minimum atomic E-state index is -0.0238. The Morgan fingerprint density at radius 3 is 3.10 bits per heavy atom. The molecular weight excluding hydrogens is 274 g/mol. The first kappa shape index (κ1) is 15.0. The number of methoxy groups -OCH3 is 1. The molecule has 0 unspecified atom stereocenters. The molecule has 0 aliphatic carbocycles. The van der Waals surface area contributed by atoms with Crippen LogP contribution in [0.5, 0.6) is 5.88 Å². The highest BCUT2D eigenvalue weighted by Crippen LogP contribution is 2.29. The Hall–Kier alpha value is -1.43. The molecular formula is C14H21N3O2S. The van der Waals surface area contributed by atoms with Gasteiger partial charge in [0.05, 0.1) is 7.11 Å². The molecule has 20 heavy (non-hydrogen) atoms. The monoisotopic (exact) mass is 295 g/mol. The fourth-order valence-corrected chi connectivity index (χ4v) is 3.33. The van der Waals surface area contributed by atoms with Crippen LogP contribution in [0.1, 0.15) is 19.4 Å². The molecule has 1 aliphatic rings. The van der Waals surface area contributed by atoms with E-state index in [4.69, 9.17) is 4.74 Å². The molecule has 0 saturated carbocycles. The van der Waals surface area contributed by atoms with Gasteiger partial charge in [-0.3, -0.25) is 0 Å². The summed E-state index contributed by atoms with van der Waals surface area (Å²) < 4.78 is 5.30. The summed E-state index contributed by atoms with van der Waals surface area (Å²) in [5, 5.41) is 2.94. The third-order valence-corrected chi connectivity index (χ3v) is 4.48. The molecule has 2 amide bonds. The second-order valence-corrected chi connectivity index (χ2v) is 7.16. The van der Waals surface area contributed by atoms with Crippen LogP contribution in [0.3, 0.4) is 0 Å². The van der Waals surface area contributed by atoms with Gasteiger partial charge in [-0.05, 0) is 19.9 Å². The van der Waals surface area contributed by atoms with E-state index in [1.807, 2.05) is 28.8 Å². The molecule has 0 bridgehead atoms. The van der Waals surface area contributed by atoms with Crippen molar-refractivity contribution in [3.63, 3.8) is 0 Å². The quantitative estimate of drug-likeness (QED) is 0.928. The van der Waals surface area contributed by atoms with Crippen molar-refractivity contribution in [2.45, 2.75) is 25.1 Å². The lowest BCUT2D eigenvalue weighted by Crippen LogP contribution is -2.49. The van der Waals surface area contributed by atoms with Crippen molar-refractivity contribution in [1.29, 1.82) is 0 Å². The average Bonchev–Trinajstić information content (AvgIpc) is 2.44. The first-order chi connectivity index (χ1) is 9.52. The number of thioether (sulfide) groups is 1. The number of amides is 2. The molecule has 110 valence electrons. The number of hydrogen-bond donors (Lipinski definition) is 1. The van der Waals surface area contributed by atoms with Crippen LogP contribution < -0.4 is 10.1 Å². The van der Waals surface area contributed by atoms with E-state index < -0.39 is 0 Å². The van der Waals surface area contributed by atoms with Gasteiger partial charge in [0.1, 0.15) is 0 Å². The van der Waals surface area contributed by atoms with Gasteiger partial charge in [0.15, 0.2) is 0 Å². The molecule has 0 aromatic carbocycles. The number of urea groups is 1. The zero-order valence-corrected chi connectivity index (χ0v) is 13.0. The number of carbonyl (C=O) groups is 1. The molecule has 0 spiro atoms. The molecule has 6 heteroatoms. The van der Waals surface area contributed by atoms with Crippen LogP contribution in [0.4, 0.5) is 4.79 Å². The molecule has 0 radical (unpaired) electrons. The Bertz CT molecular complexity index is 479. The fraction of sp³-hybridized carbons (Fsp3) is 0.571. The minimum absolute atomic E-state index is 0.0238.